The molecule has 0 fully saturated rings. The van der Waals surface area contributed by atoms with Gasteiger partial charge >= 0.3 is 0 Å². The van der Waals surface area contributed by atoms with E-state index in [9.17, 15) is 4.79 Å². The van der Waals surface area contributed by atoms with E-state index in [1.54, 1.807) is 11.3 Å². The average molecular weight is 477 g/mol. The van der Waals surface area contributed by atoms with Gasteiger partial charge in [-0.05, 0) is 74.1 Å². The number of aromatic amines is 1. The molecule has 0 saturated carbocycles. The van der Waals surface area contributed by atoms with Gasteiger partial charge in [0.1, 0.15) is 35.4 Å². The van der Waals surface area contributed by atoms with Gasteiger partial charge in [0.25, 0.3) is 5.56 Å². The molecule has 0 unspecified atom stereocenters. The van der Waals surface area contributed by atoms with E-state index in [1.165, 1.54) is 16.9 Å². The first-order valence-electron chi connectivity index (χ1n) is 11.7. The maximum atomic E-state index is 12.8. The number of benzene rings is 2. The van der Waals surface area contributed by atoms with Crippen molar-refractivity contribution in [1.29, 1.82) is 0 Å². The number of hydrogen-bond donors (Lipinski definition) is 1. The van der Waals surface area contributed by atoms with E-state index in [0.717, 1.165) is 52.1 Å². The van der Waals surface area contributed by atoms with Gasteiger partial charge in [-0.2, -0.15) is 0 Å². The van der Waals surface area contributed by atoms with Gasteiger partial charge in [-0.1, -0.05) is 18.2 Å². The lowest BCUT2D eigenvalue weighted by Gasteiger charge is -2.10. The second kappa shape index (κ2) is 10.4. The molecule has 0 aliphatic heterocycles. The van der Waals surface area contributed by atoms with Crippen molar-refractivity contribution < 1.29 is 14.2 Å². The number of para-hydroxylation sites is 1. The lowest BCUT2D eigenvalue weighted by molar-refractivity contribution is 0.0763. The molecule has 34 heavy (non-hydrogen) atoms. The van der Waals surface area contributed by atoms with Gasteiger partial charge in [0.05, 0.1) is 18.6 Å². The van der Waals surface area contributed by atoms with E-state index in [0.29, 0.717) is 32.3 Å². The third kappa shape index (κ3) is 5.00. The van der Waals surface area contributed by atoms with E-state index in [4.69, 9.17) is 19.2 Å². The maximum Gasteiger partial charge on any atom is 0.260 e. The van der Waals surface area contributed by atoms with Gasteiger partial charge in [0.15, 0.2) is 0 Å². The molecule has 0 saturated heterocycles. The Morgan fingerprint density at radius 1 is 0.941 bits per heavy atom. The zero-order valence-electron chi connectivity index (χ0n) is 19.3. The first-order chi connectivity index (χ1) is 16.7. The minimum Gasteiger partial charge on any atom is -0.491 e. The number of thiophene rings is 1. The Bertz CT molecular complexity index is 1330. The smallest absolute Gasteiger partial charge is 0.260 e. The summed E-state index contributed by atoms with van der Waals surface area (Å²) in [5.41, 5.74) is 3.15. The Labute approximate surface area is 202 Å². The first-order valence-corrected chi connectivity index (χ1v) is 12.5. The molecule has 176 valence electrons. The monoisotopic (exact) mass is 476 g/mol. The summed E-state index contributed by atoms with van der Waals surface area (Å²) in [5, 5.41) is 0.785. The van der Waals surface area contributed by atoms with E-state index >= 15 is 0 Å². The summed E-state index contributed by atoms with van der Waals surface area (Å²) in [6.45, 7) is 3.96. The van der Waals surface area contributed by atoms with Gasteiger partial charge in [-0.3, -0.25) is 4.79 Å². The molecular weight excluding hydrogens is 448 g/mol. The molecule has 0 bridgehead atoms. The fourth-order valence-corrected chi connectivity index (χ4v) is 5.52. The molecule has 1 aliphatic carbocycles. The van der Waals surface area contributed by atoms with Crippen molar-refractivity contribution in [2.45, 2.75) is 32.6 Å². The fourth-order valence-electron chi connectivity index (χ4n) is 4.26. The van der Waals surface area contributed by atoms with Crippen LogP contribution in [-0.2, 0) is 17.6 Å². The van der Waals surface area contributed by atoms with Crippen LogP contribution in [0, 0.1) is 6.92 Å². The number of fused-ring (bicyclic) bond motifs is 3. The summed E-state index contributed by atoms with van der Waals surface area (Å²) >= 11 is 1.67. The highest BCUT2D eigenvalue weighted by atomic mass is 32.1. The van der Waals surface area contributed by atoms with Crippen LogP contribution in [0.15, 0.2) is 53.3 Å². The molecule has 2 aromatic carbocycles. The van der Waals surface area contributed by atoms with E-state index < -0.39 is 0 Å². The van der Waals surface area contributed by atoms with Crippen molar-refractivity contribution in [2.75, 3.05) is 26.4 Å². The van der Waals surface area contributed by atoms with Gasteiger partial charge in [-0.25, -0.2) is 4.98 Å². The highest BCUT2D eigenvalue weighted by molar-refractivity contribution is 7.18. The number of nitrogens with one attached hydrogen (secondary N) is 1. The van der Waals surface area contributed by atoms with Gasteiger partial charge in [-0.15, -0.1) is 11.3 Å². The van der Waals surface area contributed by atoms with E-state index in [-0.39, 0.29) is 5.56 Å². The largest absolute Gasteiger partial charge is 0.491 e. The van der Waals surface area contributed by atoms with Crippen molar-refractivity contribution in [3.8, 4) is 22.9 Å². The molecule has 0 radical (unpaired) electrons. The number of rotatable bonds is 9. The fraction of sp³-hybridized carbons (Fsp3) is 0.333. The SMILES string of the molecule is Cc1ccccc1OCCOCCOc1ccc(-c2nc3sc4c(c3c(=O)[nH]2)CCCC4)cc1. The standard InChI is InChI=1S/C27H28N2O4S/c1-18-6-2-4-8-22(18)33-17-15-31-14-16-32-20-12-10-19(11-13-20)25-28-26(30)24-21-7-3-5-9-23(21)34-27(24)29-25/h2,4,6,8,10-13H,3,5,7,9,14-17H2,1H3,(H,28,29,30). The van der Waals surface area contributed by atoms with Crippen molar-refractivity contribution in [2.24, 2.45) is 0 Å². The second-order valence-electron chi connectivity index (χ2n) is 8.40. The summed E-state index contributed by atoms with van der Waals surface area (Å²) in [4.78, 5) is 22.7. The van der Waals surface area contributed by atoms with E-state index in [2.05, 4.69) is 4.98 Å². The molecule has 2 aromatic heterocycles. The van der Waals surface area contributed by atoms with Crippen LogP contribution in [0.1, 0.15) is 28.8 Å². The van der Waals surface area contributed by atoms with Crippen molar-refractivity contribution in [3.63, 3.8) is 0 Å². The molecule has 7 heteroatoms. The highest BCUT2D eigenvalue weighted by Gasteiger charge is 2.20. The highest BCUT2D eigenvalue weighted by Crippen LogP contribution is 2.34. The predicted octanol–water partition coefficient (Wildman–Crippen LogP) is 5.31. The Balaban J connectivity index is 1.12. The number of H-pyrrole nitrogens is 1. The van der Waals surface area contributed by atoms with Crippen molar-refractivity contribution in [3.05, 3.63) is 74.9 Å². The Hall–Kier alpha value is -3.16. The van der Waals surface area contributed by atoms with Gasteiger partial charge < -0.3 is 19.2 Å². The molecule has 0 spiro atoms. The lowest BCUT2D eigenvalue weighted by atomic mass is 9.97. The molecule has 0 atom stereocenters. The minimum atomic E-state index is -0.0386. The lowest BCUT2D eigenvalue weighted by Crippen LogP contribution is -2.12. The average Bonchev–Trinajstić information content (AvgIpc) is 3.24. The number of ether oxygens (including phenoxy) is 3. The normalized spacial score (nSPS) is 13.1. The summed E-state index contributed by atoms with van der Waals surface area (Å²) in [6.07, 6.45) is 4.38. The number of hydrogen-bond acceptors (Lipinski definition) is 6. The van der Waals surface area contributed by atoms with Gasteiger partial charge in [0.2, 0.25) is 0 Å². The Morgan fingerprint density at radius 2 is 1.71 bits per heavy atom. The molecule has 5 rings (SSSR count). The molecule has 1 N–H and O–H groups in total. The molecule has 4 aromatic rings. The van der Waals surface area contributed by atoms with Crippen LogP contribution in [0.3, 0.4) is 0 Å². The summed E-state index contributed by atoms with van der Waals surface area (Å²) in [5.74, 6) is 2.23. The summed E-state index contributed by atoms with van der Waals surface area (Å²) in [7, 11) is 0. The van der Waals surface area contributed by atoms with Crippen LogP contribution < -0.4 is 15.0 Å². The minimum absolute atomic E-state index is 0.0386. The number of nitrogens with zero attached hydrogens (tertiary/aromatic N) is 1. The summed E-state index contributed by atoms with van der Waals surface area (Å²) < 4.78 is 17.1. The Kier molecular flexibility index (Phi) is 6.92. The van der Waals surface area contributed by atoms with Crippen LogP contribution in [0.25, 0.3) is 21.6 Å². The number of aromatic nitrogens is 2. The van der Waals surface area contributed by atoms with Crippen molar-refractivity contribution in [1.82, 2.24) is 9.97 Å². The molecule has 1 aliphatic rings. The van der Waals surface area contributed by atoms with Crippen molar-refractivity contribution >= 4 is 21.6 Å². The molecular formula is C27H28N2O4S. The molecule has 2 heterocycles. The Morgan fingerprint density at radius 3 is 2.53 bits per heavy atom. The first kappa shape index (κ1) is 22.6. The maximum absolute atomic E-state index is 12.8. The molecule has 0 amide bonds. The van der Waals surface area contributed by atoms with Gasteiger partial charge in [0, 0.05) is 10.4 Å². The van der Waals surface area contributed by atoms with E-state index in [1.807, 2.05) is 55.5 Å². The molecule has 6 nitrogen and oxygen atoms in total. The predicted molar refractivity (Wildman–Crippen MR) is 135 cm³/mol. The zero-order chi connectivity index (χ0) is 23.3. The third-order valence-corrected chi connectivity index (χ3v) is 7.21. The van der Waals surface area contributed by atoms with Crippen LogP contribution >= 0.6 is 11.3 Å². The van der Waals surface area contributed by atoms with Crippen LogP contribution in [-0.4, -0.2) is 36.4 Å². The van der Waals surface area contributed by atoms with Crippen LogP contribution in [0.2, 0.25) is 0 Å². The second-order valence-corrected chi connectivity index (χ2v) is 9.49. The topological polar surface area (TPSA) is 73.4 Å². The quantitative estimate of drug-likeness (QED) is 0.331. The summed E-state index contributed by atoms with van der Waals surface area (Å²) in [6, 6.07) is 15.6. The van der Waals surface area contributed by atoms with Crippen LogP contribution in [0.5, 0.6) is 11.5 Å². The van der Waals surface area contributed by atoms with Crippen LogP contribution in [0.4, 0.5) is 0 Å². The zero-order valence-corrected chi connectivity index (χ0v) is 20.1. The third-order valence-electron chi connectivity index (χ3n) is 6.03. The number of aryl methyl sites for hydroxylation is 3.